The Labute approximate surface area is 318 Å². The lowest BCUT2D eigenvalue weighted by molar-refractivity contribution is 1.07. The first kappa shape index (κ1) is 32.2. The van der Waals surface area contributed by atoms with Gasteiger partial charge in [-0.05, 0) is 70.3 Å². The van der Waals surface area contributed by atoms with Crippen molar-refractivity contribution in [3.63, 3.8) is 0 Å². The van der Waals surface area contributed by atoms with Crippen molar-refractivity contribution in [1.82, 2.24) is 24.5 Å². The van der Waals surface area contributed by atoms with Gasteiger partial charge in [-0.15, -0.1) is 0 Å². The van der Waals surface area contributed by atoms with Gasteiger partial charge in [0.05, 0.1) is 11.0 Å². The average molecular weight is 704 g/mol. The Morgan fingerprint density at radius 1 is 0.345 bits per heavy atom. The Morgan fingerprint density at radius 2 is 0.873 bits per heavy atom. The van der Waals surface area contributed by atoms with E-state index in [2.05, 4.69) is 149 Å². The second-order valence-corrected chi connectivity index (χ2v) is 13.5. The van der Waals surface area contributed by atoms with Crippen LogP contribution in [0.1, 0.15) is 0 Å². The summed E-state index contributed by atoms with van der Waals surface area (Å²) in [5.74, 6) is 1.87. The van der Waals surface area contributed by atoms with E-state index in [0.717, 1.165) is 44.6 Å². The van der Waals surface area contributed by atoms with E-state index in [-0.39, 0.29) is 0 Å². The summed E-state index contributed by atoms with van der Waals surface area (Å²) in [6, 6.07) is 65.6. The third kappa shape index (κ3) is 6.04. The molecule has 3 heterocycles. The van der Waals surface area contributed by atoms with Crippen LogP contribution in [0.25, 0.3) is 95.0 Å². The number of rotatable bonds is 7. The molecule has 55 heavy (non-hydrogen) atoms. The molecule has 7 aromatic carbocycles. The highest BCUT2D eigenvalue weighted by molar-refractivity contribution is 6.15. The topological polar surface area (TPSA) is 56.5 Å². The van der Waals surface area contributed by atoms with E-state index in [9.17, 15) is 0 Å². The van der Waals surface area contributed by atoms with Crippen LogP contribution in [-0.2, 0) is 0 Å². The van der Waals surface area contributed by atoms with Crippen LogP contribution in [0.5, 0.6) is 0 Å². The number of hydrogen-bond acceptors (Lipinski definition) is 4. The van der Waals surface area contributed by atoms with Crippen molar-refractivity contribution in [3.05, 3.63) is 200 Å². The minimum Gasteiger partial charge on any atom is -0.309 e. The number of nitrogens with zero attached hydrogens (tertiary/aromatic N) is 5. The van der Waals surface area contributed by atoms with E-state index >= 15 is 0 Å². The molecular weight excluding hydrogens is 671 g/mol. The quantitative estimate of drug-likeness (QED) is 0.166. The van der Waals surface area contributed by atoms with Crippen molar-refractivity contribution in [2.45, 2.75) is 0 Å². The van der Waals surface area contributed by atoms with Crippen LogP contribution in [0.2, 0.25) is 0 Å². The third-order valence-electron chi connectivity index (χ3n) is 10.1. The summed E-state index contributed by atoms with van der Waals surface area (Å²) < 4.78 is 2.36. The van der Waals surface area contributed by atoms with Crippen molar-refractivity contribution in [1.29, 1.82) is 0 Å². The van der Waals surface area contributed by atoms with Crippen LogP contribution in [0, 0.1) is 0 Å². The number of pyridine rings is 1. The Bertz CT molecular complexity index is 2950. The van der Waals surface area contributed by atoms with Gasteiger partial charge >= 0.3 is 0 Å². The molecule has 0 bridgehead atoms. The minimum absolute atomic E-state index is 0.618. The number of benzene rings is 7. The zero-order valence-electron chi connectivity index (χ0n) is 29.8. The fraction of sp³-hybridized carbons (Fsp3) is 0. The molecule has 10 aromatic rings. The lowest BCUT2D eigenvalue weighted by Gasteiger charge is -2.11. The van der Waals surface area contributed by atoms with Gasteiger partial charge in [0, 0.05) is 51.1 Å². The van der Waals surface area contributed by atoms with Gasteiger partial charge in [0.15, 0.2) is 17.5 Å². The maximum Gasteiger partial charge on any atom is 0.164 e. The molecule has 0 N–H and O–H groups in total. The Hall–Kier alpha value is -7.50. The highest BCUT2D eigenvalue weighted by Gasteiger charge is 2.17. The van der Waals surface area contributed by atoms with Gasteiger partial charge in [-0.2, -0.15) is 0 Å². The summed E-state index contributed by atoms with van der Waals surface area (Å²) >= 11 is 0. The van der Waals surface area contributed by atoms with Crippen molar-refractivity contribution < 1.29 is 0 Å². The maximum atomic E-state index is 5.06. The summed E-state index contributed by atoms with van der Waals surface area (Å²) in [6.07, 6.45) is 3.66. The molecule has 0 aliphatic heterocycles. The summed E-state index contributed by atoms with van der Waals surface area (Å²) in [5, 5.41) is 2.49. The van der Waals surface area contributed by atoms with Crippen molar-refractivity contribution in [2.24, 2.45) is 0 Å². The molecule has 0 radical (unpaired) electrons. The van der Waals surface area contributed by atoms with E-state index in [1.807, 2.05) is 54.7 Å². The second kappa shape index (κ2) is 13.8. The highest BCUT2D eigenvalue weighted by atomic mass is 15.0. The van der Waals surface area contributed by atoms with Gasteiger partial charge in [0.2, 0.25) is 0 Å². The molecule has 0 aliphatic rings. The van der Waals surface area contributed by atoms with E-state index < -0.39 is 0 Å². The first-order chi connectivity index (χ1) is 27.3. The van der Waals surface area contributed by atoms with E-state index in [1.165, 1.54) is 32.9 Å². The summed E-state index contributed by atoms with van der Waals surface area (Å²) in [5.41, 5.74) is 13.0. The van der Waals surface area contributed by atoms with Crippen molar-refractivity contribution in [2.75, 3.05) is 0 Å². The lowest BCUT2D eigenvalue weighted by Crippen LogP contribution is -2.00. The Balaban J connectivity index is 1.03. The summed E-state index contributed by atoms with van der Waals surface area (Å²) in [6.45, 7) is 0. The van der Waals surface area contributed by atoms with Crippen LogP contribution in [0.15, 0.2) is 200 Å². The molecule has 0 saturated carbocycles. The van der Waals surface area contributed by atoms with Crippen LogP contribution in [-0.4, -0.2) is 24.5 Å². The van der Waals surface area contributed by atoms with Crippen LogP contribution < -0.4 is 0 Å². The number of hydrogen-bond donors (Lipinski definition) is 0. The largest absolute Gasteiger partial charge is 0.309 e. The van der Waals surface area contributed by atoms with Crippen LogP contribution >= 0.6 is 0 Å². The fourth-order valence-corrected chi connectivity index (χ4v) is 7.52. The average Bonchev–Trinajstić information content (AvgIpc) is 3.62. The molecule has 0 saturated heterocycles. The molecule has 0 amide bonds. The third-order valence-corrected chi connectivity index (χ3v) is 10.1. The Kier molecular flexibility index (Phi) is 8.08. The van der Waals surface area contributed by atoms with Gasteiger partial charge < -0.3 is 4.57 Å². The Morgan fingerprint density at radius 3 is 1.56 bits per heavy atom. The summed E-state index contributed by atoms with van der Waals surface area (Å²) in [7, 11) is 0. The number of aromatic nitrogens is 5. The summed E-state index contributed by atoms with van der Waals surface area (Å²) in [4.78, 5) is 19.4. The molecule has 0 aliphatic carbocycles. The smallest absolute Gasteiger partial charge is 0.164 e. The molecule has 10 rings (SSSR count). The molecular formula is C50H33N5. The fourth-order valence-electron chi connectivity index (χ4n) is 7.52. The van der Waals surface area contributed by atoms with Gasteiger partial charge in [-0.25, -0.2) is 15.0 Å². The number of fused-ring (bicyclic) bond motifs is 3. The zero-order chi connectivity index (χ0) is 36.6. The molecule has 0 spiro atoms. The van der Waals surface area contributed by atoms with Crippen LogP contribution in [0.4, 0.5) is 0 Å². The predicted molar refractivity (Wildman–Crippen MR) is 225 cm³/mol. The number of para-hydroxylation sites is 2. The molecule has 5 heteroatoms. The first-order valence-corrected chi connectivity index (χ1v) is 18.4. The lowest BCUT2D eigenvalue weighted by atomic mass is 9.96. The zero-order valence-corrected chi connectivity index (χ0v) is 29.8. The van der Waals surface area contributed by atoms with Gasteiger partial charge in [-0.3, -0.25) is 4.98 Å². The normalized spacial score (nSPS) is 11.3. The van der Waals surface area contributed by atoms with E-state index in [1.54, 1.807) is 6.20 Å². The highest BCUT2D eigenvalue weighted by Crippen LogP contribution is 2.39. The second-order valence-electron chi connectivity index (χ2n) is 13.5. The maximum absolute atomic E-state index is 5.06. The molecule has 0 unspecified atom stereocenters. The molecule has 5 nitrogen and oxygen atoms in total. The first-order valence-electron chi connectivity index (χ1n) is 18.4. The standard InChI is InChI=1S/C50H33N5/c1-3-13-36(14-4-1)48-52-49(54-50(53-48)40-18-10-16-38(32-40)41-19-12-30-51-33-41)39-17-9-15-37(31-39)34-26-28-35(29-27-34)43-23-11-25-46-47(43)44-22-7-8-24-45(44)55(46)42-20-5-2-6-21-42/h1-33H. The van der Waals surface area contributed by atoms with Crippen LogP contribution in [0.3, 0.4) is 0 Å². The van der Waals surface area contributed by atoms with Gasteiger partial charge in [-0.1, -0.05) is 146 Å². The predicted octanol–water partition coefficient (Wildman–Crippen LogP) is 12.4. The van der Waals surface area contributed by atoms with Crippen molar-refractivity contribution in [3.8, 4) is 73.2 Å². The van der Waals surface area contributed by atoms with Gasteiger partial charge in [0.1, 0.15) is 0 Å². The van der Waals surface area contributed by atoms with E-state index in [4.69, 9.17) is 15.0 Å². The monoisotopic (exact) mass is 703 g/mol. The van der Waals surface area contributed by atoms with Crippen molar-refractivity contribution >= 4 is 21.8 Å². The van der Waals surface area contributed by atoms with E-state index in [0.29, 0.717) is 17.5 Å². The molecule has 258 valence electrons. The minimum atomic E-state index is 0.618. The molecule has 3 aromatic heterocycles. The van der Waals surface area contributed by atoms with Gasteiger partial charge in [0.25, 0.3) is 0 Å². The SMILES string of the molecule is c1ccc(-c2nc(-c3cccc(-c4ccc(-c5cccc6c5c5ccccc5n6-c5ccccc5)cc4)c3)nc(-c3cccc(-c4cccnc4)c3)n2)cc1. The molecule has 0 atom stereocenters. The molecule has 0 fully saturated rings.